The van der Waals surface area contributed by atoms with E-state index in [1.807, 2.05) is 13.0 Å². The second kappa shape index (κ2) is 9.77. The van der Waals surface area contributed by atoms with Crippen molar-refractivity contribution >= 4 is 32.6 Å². The number of rotatable bonds is 9. The molecule has 3 N–H and O–H groups in total. The van der Waals surface area contributed by atoms with E-state index in [9.17, 15) is 13.2 Å². The number of hydrogen-bond acceptors (Lipinski definition) is 6. The molecule has 0 saturated carbocycles. The second-order valence-corrected chi connectivity index (χ2v) is 8.58. The van der Waals surface area contributed by atoms with Gasteiger partial charge in [-0.1, -0.05) is 50.2 Å². The summed E-state index contributed by atoms with van der Waals surface area (Å²) in [5, 5.41) is 8.39. The van der Waals surface area contributed by atoms with Gasteiger partial charge in [0.15, 0.2) is 5.75 Å². The Hall–Kier alpha value is -2.03. The highest BCUT2D eigenvalue weighted by atomic mass is 32.2. The summed E-state index contributed by atoms with van der Waals surface area (Å²) in [6, 6.07) is 11.7. The summed E-state index contributed by atoms with van der Waals surface area (Å²) in [5.74, 6) is 1.16. The first-order valence-electron chi connectivity index (χ1n) is 8.71. The van der Waals surface area contributed by atoms with Crippen LogP contribution in [-0.4, -0.2) is 25.8 Å². The number of carbonyl (C=O) groups excluding carboxylic acids is 1. The van der Waals surface area contributed by atoms with E-state index < -0.39 is 10.0 Å². The van der Waals surface area contributed by atoms with Crippen LogP contribution < -0.4 is 15.2 Å². The lowest BCUT2D eigenvalue weighted by molar-refractivity contribution is 0.108. The normalized spacial score (nSPS) is 11.2. The number of thioether (sulfide) groups is 1. The number of anilines is 1. The molecule has 27 heavy (non-hydrogen) atoms. The van der Waals surface area contributed by atoms with Crippen LogP contribution in [0, 0.1) is 0 Å². The number of sulfonamides is 1. The van der Waals surface area contributed by atoms with Gasteiger partial charge in [-0.3, -0.25) is 4.79 Å². The van der Waals surface area contributed by atoms with Crippen molar-refractivity contribution in [3.63, 3.8) is 0 Å². The van der Waals surface area contributed by atoms with E-state index in [1.165, 1.54) is 6.07 Å². The monoisotopic (exact) mass is 408 g/mol. The van der Waals surface area contributed by atoms with Crippen molar-refractivity contribution in [3.05, 3.63) is 48.0 Å². The van der Waals surface area contributed by atoms with Gasteiger partial charge >= 0.3 is 0 Å². The smallest absolute Gasteiger partial charge is 0.241 e. The van der Waals surface area contributed by atoms with Gasteiger partial charge in [-0.15, -0.1) is 0 Å². The number of carbonyl (C=O) groups is 1. The molecule has 0 amide bonds. The van der Waals surface area contributed by atoms with Gasteiger partial charge in [0, 0.05) is 12.1 Å². The van der Waals surface area contributed by atoms with Crippen molar-refractivity contribution in [2.24, 2.45) is 5.14 Å². The fourth-order valence-electron chi connectivity index (χ4n) is 2.39. The summed E-state index contributed by atoms with van der Waals surface area (Å²) < 4.78 is 30.3. The van der Waals surface area contributed by atoms with Crippen LogP contribution in [0.5, 0.6) is 11.5 Å². The average Bonchev–Trinajstić information content (AvgIpc) is 2.63. The van der Waals surface area contributed by atoms with Gasteiger partial charge < -0.3 is 10.1 Å². The molecule has 0 aliphatic carbocycles. The van der Waals surface area contributed by atoms with Crippen LogP contribution >= 0.6 is 11.8 Å². The Morgan fingerprint density at radius 3 is 2.48 bits per heavy atom. The lowest BCUT2D eigenvalue weighted by atomic mass is 10.2. The predicted molar refractivity (Wildman–Crippen MR) is 110 cm³/mol. The van der Waals surface area contributed by atoms with Crippen molar-refractivity contribution < 1.29 is 17.9 Å². The van der Waals surface area contributed by atoms with Crippen LogP contribution in [0.15, 0.2) is 47.4 Å². The Balaban J connectivity index is 2.59. The van der Waals surface area contributed by atoms with E-state index in [0.717, 1.165) is 24.6 Å². The third-order valence-corrected chi connectivity index (χ3v) is 5.38. The van der Waals surface area contributed by atoms with Crippen molar-refractivity contribution in [1.29, 1.82) is 0 Å². The van der Waals surface area contributed by atoms with Crippen LogP contribution in [0.25, 0.3) is 0 Å². The summed E-state index contributed by atoms with van der Waals surface area (Å²) in [6.07, 6.45) is 1.85. The molecule has 0 saturated heterocycles. The molecule has 0 aliphatic rings. The standard InChI is InChI=1S/C19H24N2O4S2/c1-3-5-11-21-16-12-14(19(22)26-4-2)13-17(27(20,23)24)18(16)25-15-9-7-6-8-10-15/h6-10,12-13,21H,3-5,11H2,1-2H3,(H2,20,23,24). The van der Waals surface area contributed by atoms with E-state index >= 15 is 0 Å². The molecule has 0 heterocycles. The van der Waals surface area contributed by atoms with Crippen LogP contribution in [0.2, 0.25) is 0 Å². The predicted octanol–water partition coefficient (Wildman–Crippen LogP) is 4.23. The highest BCUT2D eigenvalue weighted by molar-refractivity contribution is 8.14. The molecule has 0 radical (unpaired) electrons. The zero-order chi connectivity index (χ0) is 19.9. The molecule has 146 valence electrons. The van der Waals surface area contributed by atoms with Crippen molar-refractivity contribution in [2.45, 2.75) is 31.6 Å². The number of unbranched alkanes of at least 4 members (excludes halogenated alkanes) is 1. The van der Waals surface area contributed by atoms with E-state index in [-0.39, 0.29) is 21.3 Å². The second-order valence-electron chi connectivity index (χ2n) is 5.81. The van der Waals surface area contributed by atoms with E-state index in [2.05, 4.69) is 12.2 Å². The molecule has 0 atom stereocenters. The largest absolute Gasteiger partial charge is 0.454 e. The minimum absolute atomic E-state index is 0.0952. The highest BCUT2D eigenvalue weighted by Crippen LogP contribution is 2.37. The van der Waals surface area contributed by atoms with Crippen LogP contribution in [0.4, 0.5) is 5.69 Å². The number of primary sulfonamides is 1. The third kappa shape index (κ3) is 5.98. The van der Waals surface area contributed by atoms with Gasteiger partial charge in [-0.05, 0) is 36.4 Å². The first kappa shape index (κ1) is 21.3. The minimum atomic E-state index is -4.10. The maximum Gasteiger partial charge on any atom is 0.241 e. The fourth-order valence-corrected chi connectivity index (χ4v) is 3.64. The lowest BCUT2D eigenvalue weighted by Crippen LogP contribution is -2.16. The van der Waals surface area contributed by atoms with Gasteiger partial charge in [-0.25, -0.2) is 13.6 Å². The lowest BCUT2D eigenvalue weighted by Gasteiger charge is -2.17. The molecule has 0 unspecified atom stereocenters. The summed E-state index contributed by atoms with van der Waals surface area (Å²) in [5.41, 5.74) is 0.698. The molecule has 8 heteroatoms. The van der Waals surface area contributed by atoms with Gasteiger partial charge in [0.2, 0.25) is 15.1 Å². The zero-order valence-electron chi connectivity index (χ0n) is 15.4. The number of para-hydroxylation sites is 1. The molecule has 2 aromatic carbocycles. The fraction of sp³-hybridized carbons (Fsp3) is 0.316. The molecule has 0 fully saturated rings. The number of nitrogens with two attached hydrogens (primary N) is 1. The van der Waals surface area contributed by atoms with Gasteiger partial charge in [0.05, 0.1) is 5.69 Å². The van der Waals surface area contributed by atoms with Crippen molar-refractivity contribution in [2.75, 3.05) is 17.6 Å². The minimum Gasteiger partial charge on any atom is -0.454 e. The Kier molecular flexibility index (Phi) is 7.70. The molecule has 0 aliphatic heterocycles. The quantitative estimate of drug-likeness (QED) is 0.603. The summed E-state index contributed by atoms with van der Waals surface area (Å²) in [6.45, 7) is 4.53. The van der Waals surface area contributed by atoms with Gasteiger partial charge in [0.1, 0.15) is 10.6 Å². The van der Waals surface area contributed by atoms with Gasteiger partial charge in [-0.2, -0.15) is 0 Å². The maximum absolute atomic E-state index is 12.3. The van der Waals surface area contributed by atoms with Crippen molar-refractivity contribution in [3.8, 4) is 11.5 Å². The van der Waals surface area contributed by atoms with Crippen LogP contribution in [0.1, 0.15) is 37.0 Å². The number of nitrogens with one attached hydrogen (secondary N) is 1. The topological polar surface area (TPSA) is 98.5 Å². The molecule has 0 aromatic heterocycles. The molecule has 0 spiro atoms. The first-order chi connectivity index (χ1) is 12.9. The van der Waals surface area contributed by atoms with E-state index in [1.54, 1.807) is 30.3 Å². The highest BCUT2D eigenvalue weighted by Gasteiger charge is 2.23. The first-order valence-corrected chi connectivity index (χ1v) is 11.2. The maximum atomic E-state index is 12.3. The molecule has 6 nitrogen and oxygen atoms in total. The Bertz CT molecular complexity index is 884. The van der Waals surface area contributed by atoms with E-state index in [4.69, 9.17) is 9.88 Å². The number of hydrogen-bond donors (Lipinski definition) is 2. The molecule has 2 aromatic rings. The number of ether oxygens (including phenoxy) is 1. The van der Waals surface area contributed by atoms with Gasteiger partial charge in [0.25, 0.3) is 0 Å². The molecular formula is C19H24N2O4S2. The van der Waals surface area contributed by atoms with Crippen LogP contribution in [-0.2, 0) is 10.0 Å². The SMILES string of the molecule is CCCCNc1cc(C(=O)SCC)cc(S(N)(=O)=O)c1Oc1ccccc1. The molecule has 2 rings (SSSR count). The zero-order valence-corrected chi connectivity index (χ0v) is 17.0. The number of benzene rings is 2. The summed E-state index contributed by atoms with van der Waals surface area (Å²) in [7, 11) is -4.10. The Morgan fingerprint density at radius 1 is 1.19 bits per heavy atom. The average molecular weight is 409 g/mol. The summed E-state index contributed by atoms with van der Waals surface area (Å²) >= 11 is 1.11. The van der Waals surface area contributed by atoms with Crippen molar-refractivity contribution in [1.82, 2.24) is 0 Å². The molecular weight excluding hydrogens is 384 g/mol. The Morgan fingerprint density at radius 2 is 1.89 bits per heavy atom. The Labute approximate surface area is 164 Å². The summed E-state index contributed by atoms with van der Waals surface area (Å²) in [4.78, 5) is 12.1. The van der Waals surface area contributed by atoms with Crippen LogP contribution in [0.3, 0.4) is 0 Å². The molecule has 0 bridgehead atoms. The third-order valence-electron chi connectivity index (χ3n) is 3.68. The van der Waals surface area contributed by atoms with E-state index in [0.29, 0.717) is 23.7 Å².